The van der Waals surface area contributed by atoms with Crippen LogP contribution in [0.25, 0.3) is 33.4 Å². The van der Waals surface area contributed by atoms with Crippen LogP contribution in [-0.2, 0) is 0 Å². The number of ether oxygens (including phenoxy) is 4. The third kappa shape index (κ3) is 6.75. The van der Waals surface area contributed by atoms with E-state index < -0.39 is 27.4 Å². The van der Waals surface area contributed by atoms with Crippen molar-refractivity contribution >= 4 is 0 Å². The summed E-state index contributed by atoms with van der Waals surface area (Å²) in [7, 11) is 0. The lowest BCUT2D eigenvalue weighted by molar-refractivity contribution is 0.181. The number of hydrogen-bond donors (Lipinski definition) is 0. The van der Waals surface area contributed by atoms with Crippen molar-refractivity contribution in [2.75, 3.05) is 27.4 Å². The molecule has 2 aliphatic carbocycles. The molecule has 0 radical (unpaired) electrons. The van der Waals surface area contributed by atoms with Crippen molar-refractivity contribution in [3.8, 4) is 56.4 Å². The average molecular weight is 621 g/mol. The Morgan fingerprint density at radius 2 is 1.16 bits per heavy atom. The Labute approximate surface area is 260 Å². The number of alkyl halides is 4. The molecule has 4 aromatic carbocycles. The van der Waals surface area contributed by atoms with Crippen LogP contribution in [0.1, 0.15) is 67.9 Å². The van der Waals surface area contributed by atoms with Crippen LogP contribution in [0.15, 0.2) is 72.8 Å². The molecule has 0 aliphatic heterocycles. The van der Waals surface area contributed by atoms with Crippen molar-refractivity contribution in [1.29, 1.82) is 0 Å². The molecule has 8 heteroatoms. The van der Waals surface area contributed by atoms with E-state index in [1.807, 2.05) is 18.2 Å². The molecule has 0 atom stereocenters. The van der Waals surface area contributed by atoms with E-state index >= 15 is 0 Å². The fourth-order valence-electron chi connectivity index (χ4n) is 6.76. The van der Waals surface area contributed by atoms with Crippen LogP contribution in [0.3, 0.4) is 0 Å². The van der Waals surface area contributed by atoms with Gasteiger partial charge in [-0.2, -0.15) is 0 Å². The molecule has 0 spiro atoms. The van der Waals surface area contributed by atoms with Crippen molar-refractivity contribution in [1.82, 2.24) is 0 Å². The van der Waals surface area contributed by atoms with Crippen molar-refractivity contribution in [2.45, 2.75) is 56.8 Å². The molecule has 4 nitrogen and oxygen atoms in total. The molecule has 2 saturated carbocycles. The lowest BCUT2D eigenvalue weighted by Crippen LogP contribution is -2.10. The van der Waals surface area contributed by atoms with Crippen LogP contribution in [0, 0.1) is 0 Å². The Kier molecular flexibility index (Phi) is 9.77. The molecule has 2 aliphatic rings. The molecular formula is C37H36F4O4. The molecule has 0 heterocycles. The molecule has 45 heavy (non-hydrogen) atoms. The summed E-state index contributed by atoms with van der Waals surface area (Å²) >= 11 is 0. The summed E-state index contributed by atoms with van der Waals surface area (Å²) in [4.78, 5) is 0. The maximum absolute atomic E-state index is 13.8. The van der Waals surface area contributed by atoms with E-state index in [4.69, 9.17) is 18.9 Å². The predicted molar refractivity (Wildman–Crippen MR) is 167 cm³/mol. The number of benzene rings is 4. The second-order valence-electron chi connectivity index (χ2n) is 11.5. The van der Waals surface area contributed by atoms with Crippen molar-refractivity contribution in [3.63, 3.8) is 0 Å². The van der Waals surface area contributed by atoms with Crippen LogP contribution in [-0.4, -0.2) is 27.4 Å². The highest BCUT2D eigenvalue weighted by molar-refractivity contribution is 5.95. The number of hydrogen-bond acceptors (Lipinski definition) is 4. The monoisotopic (exact) mass is 620 g/mol. The normalized spacial score (nSPS) is 15.1. The Morgan fingerprint density at radius 1 is 0.511 bits per heavy atom. The van der Waals surface area contributed by atoms with Gasteiger partial charge in [-0.05, 0) is 107 Å². The standard InChI is InChI=1S/C37H36F4O4/c38-20-42-28-13-14-31(34(18-28)45-23-41)33-19-32(24-7-3-1-4-8-24)35(25-9-5-2-6-10-25)37(26-11-12-26)36(33)27-15-29(43-21-39)17-30(16-27)44-22-40/h2,5-6,9-10,13-19,24,26H,1,3-4,7-8,11-12,20-23H2. The number of rotatable bonds is 13. The second kappa shape index (κ2) is 14.3. The zero-order chi connectivity index (χ0) is 31.2. The summed E-state index contributed by atoms with van der Waals surface area (Å²) in [6.07, 6.45) is 7.51. The van der Waals surface area contributed by atoms with E-state index in [0.717, 1.165) is 60.8 Å². The smallest absolute Gasteiger partial charge is 0.228 e. The minimum atomic E-state index is -1.09. The Bertz CT molecular complexity index is 1580. The minimum absolute atomic E-state index is 0.190. The van der Waals surface area contributed by atoms with Crippen LogP contribution in [0.2, 0.25) is 0 Å². The molecule has 0 aromatic heterocycles. The van der Waals surface area contributed by atoms with Crippen molar-refractivity contribution < 1.29 is 36.5 Å². The first-order valence-corrected chi connectivity index (χ1v) is 15.5. The molecule has 0 saturated heterocycles. The third-order valence-corrected chi connectivity index (χ3v) is 8.78. The van der Waals surface area contributed by atoms with Crippen molar-refractivity contribution in [3.05, 3.63) is 83.9 Å². The SMILES string of the molecule is FCOc1cc(OCF)cc(-c2c(-c3ccc(OCF)cc3OCF)cc(C3CCCCC3)c(-c3ccccc3)c2C2CC2)c1. The molecule has 4 aromatic rings. The highest BCUT2D eigenvalue weighted by atomic mass is 19.1. The van der Waals surface area contributed by atoms with Crippen LogP contribution in [0.4, 0.5) is 17.6 Å². The highest BCUT2D eigenvalue weighted by Gasteiger charge is 2.35. The van der Waals surface area contributed by atoms with Gasteiger partial charge in [0.1, 0.15) is 23.0 Å². The van der Waals surface area contributed by atoms with Gasteiger partial charge < -0.3 is 18.9 Å². The van der Waals surface area contributed by atoms with E-state index in [1.54, 1.807) is 24.3 Å². The first-order chi connectivity index (χ1) is 22.1. The summed E-state index contributed by atoms with van der Waals surface area (Å²) < 4.78 is 74.9. The first kappa shape index (κ1) is 30.8. The summed E-state index contributed by atoms with van der Waals surface area (Å²) in [5.74, 6) is 1.33. The van der Waals surface area contributed by atoms with Crippen molar-refractivity contribution in [2.24, 2.45) is 0 Å². The first-order valence-electron chi connectivity index (χ1n) is 15.5. The average Bonchev–Trinajstić information content (AvgIpc) is 3.91. The van der Waals surface area contributed by atoms with Gasteiger partial charge >= 0.3 is 0 Å². The summed E-state index contributed by atoms with van der Waals surface area (Å²) in [6, 6.07) is 22.2. The van der Waals surface area contributed by atoms with Gasteiger partial charge in [0.05, 0.1) is 0 Å². The molecular weight excluding hydrogens is 584 g/mol. The molecule has 2 fully saturated rings. The van der Waals surface area contributed by atoms with Gasteiger partial charge in [-0.15, -0.1) is 0 Å². The predicted octanol–water partition coefficient (Wildman–Crippen LogP) is 10.8. The van der Waals surface area contributed by atoms with Crippen LogP contribution in [0.5, 0.6) is 23.0 Å². The Morgan fingerprint density at radius 3 is 1.78 bits per heavy atom. The van der Waals surface area contributed by atoms with Gasteiger partial charge in [-0.3, -0.25) is 0 Å². The van der Waals surface area contributed by atoms with Gasteiger partial charge in [-0.1, -0.05) is 49.6 Å². The Hall–Kier alpha value is -4.20. The minimum Gasteiger partial charge on any atom is -0.463 e. The lowest BCUT2D eigenvalue weighted by atomic mass is 9.74. The fraction of sp³-hybridized carbons (Fsp3) is 0.351. The zero-order valence-electron chi connectivity index (χ0n) is 25.0. The van der Waals surface area contributed by atoms with E-state index in [0.29, 0.717) is 17.0 Å². The summed E-state index contributed by atoms with van der Waals surface area (Å²) in [6.45, 7) is -4.27. The fourth-order valence-corrected chi connectivity index (χ4v) is 6.76. The third-order valence-electron chi connectivity index (χ3n) is 8.78. The molecule has 6 rings (SSSR count). The van der Waals surface area contributed by atoms with Crippen LogP contribution < -0.4 is 18.9 Å². The van der Waals surface area contributed by atoms with E-state index in [9.17, 15) is 17.6 Å². The zero-order valence-corrected chi connectivity index (χ0v) is 25.0. The number of halogens is 4. The van der Waals surface area contributed by atoms with Gasteiger partial charge in [0, 0.05) is 17.7 Å². The van der Waals surface area contributed by atoms with E-state index in [2.05, 4.69) is 18.2 Å². The van der Waals surface area contributed by atoms with E-state index in [1.165, 1.54) is 29.7 Å². The topological polar surface area (TPSA) is 36.9 Å². The summed E-state index contributed by atoms with van der Waals surface area (Å²) in [5, 5.41) is 0. The highest BCUT2D eigenvalue weighted by Crippen LogP contribution is 2.56. The van der Waals surface area contributed by atoms with Gasteiger partial charge in [0.2, 0.25) is 27.4 Å². The second-order valence-corrected chi connectivity index (χ2v) is 11.5. The lowest BCUT2D eigenvalue weighted by Gasteiger charge is -2.30. The molecule has 0 unspecified atom stereocenters. The maximum Gasteiger partial charge on any atom is 0.228 e. The van der Waals surface area contributed by atoms with E-state index in [-0.39, 0.29) is 28.9 Å². The largest absolute Gasteiger partial charge is 0.463 e. The van der Waals surface area contributed by atoms with Crippen LogP contribution >= 0.6 is 0 Å². The van der Waals surface area contributed by atoms with Gasteiger partial charge in [0.25, 0.3) is 0 Å². The molecule has 0 bridgehead atoms. The molecule has 236 valence electrons. The van der Waals surface area contributed by atoms with Gasteiger partial charge in [0.15, 0.2) is 0 Å². The maximum atomic E-state index is 13.8. The molecule has 0 N–H and O–H groups in total. The summed E-state index contributed by atoms with van der Waals surface area (Å²) in [5.41, 5.74) is 7.44. The quantitative estimate of drug-likeness (QED) is 0.139. The van der Waals surface area contributed by atoms with Gasteiger partial charge in [-0.25, -0.2) is 17.6 Å². The molecule has 0 amide bonds. The Balaban J connectivity index is 1.72.